The maximum atomic E-state index is 12.6. The van der Waals surface area contributed by atoms with Crippen molar-refractivity contribution in [3.05, 3.63) is 40.7 Å². The summed E-state index contributed by atoms with van der Waals surface area (Å²) in [6.07, 6.45) is 1.14. The molecule has 1 aliphatic rings. The lowest BCUT2D eigenvalue weighted by Gasteiger charge is -2.33. The molecule has 1 aromatic heterocycles. The van der Waals surface area contributed by atoms with E-state index in [2.05, 4.69) is 27.3 Å². The van der Waals surface area contributed by atoms with Crippen molar-refractivity contribution >= 4 is 23.5 Å². The molecule has 2 heterocycles. The molecule has 0 bridgehead atoms. The second kappa shape index (κ2) is 8.51. The average Bonchev–Trinajstić information content (AvgIpc) is 3.11. The molecule has 0 spiro atoms. The van der Waals surface area contributed by atoms with Crippen LogP contribution in [0, 0.1) is 0 Å². The molecular weight excluding hydrogens is 354 g/mol. The standard InChI is InChI=1S/C18H24ClN5O2/c1-3-15-12-23(9-10-26-15)18-22-21-16(24(18)4-2)17(25)20-11-13-5-7-14(19)8-6-13/h5-8,15H,3-4,9-12H2,1-2H3,(H,20,25)/t15-/m0/s1. The second-order valence-corrected chi connectivity index (χ2v) is 6.66. The van der Waals surface area contributed by atoms with E-state index in [0.717, 1.165) is 31.0 Å². The molecule has 1 atom stereocenters. The van der Waals surface area contributed by atoms with Gasteiger partial charge >= 0.3 is 0 Å². The van der Waals surface area contributed by atoms with Crippen LogP contribution >= 0.6 is 11.6 Å². The minimum Gasteiger partial charge on any atom is -0.375 e. The molecule has 0 radical (unpaired) electrons. The number of ether oxygens (including phenoxy) is 1. The van der Waals surface area contributed by atoms with Crippen LogP contribution in [0.15, 0.2) is 24.3 Å². The quantitative estimate of drug-likeness (QED) is 0.837. The fourth-order valence-electron chi connectivity index (χ4n) is 3.00. The predicted molar refractivity (Wildman–Crippen MR) is 101 cm³/mol. The van der Waals surface area contributed by atoms with Gasteiger partial charge in [0.15, 0.2) is 0 Å². The third kappa shape index (κ3) is 4.16. The molecule has 0 saturated carbocycles. The SMILES string of the molecule is CC[C@H]1CN(c2nnc(C(=O)NCc3ccc(Cl)cc3)n2CC)CCO1. The Morgan fingerprint density at radius 2 is 2.08 bits per heavy atom. The molecule has 1 amide bonds. The van der Waals surface area contributed by atoms with E-state index in [1.54, 1.807) is 12.1 Å². The first-order valence-corrected chi connectivity index (χ1v) is 9.32. The van der Waals surface area contributed by atoms with Crippen molar-refractivity contribution in [2.75, 3.05) is 24.6 Å². The topological polar surface area (TPSA) is 72.3 Å². The number of halogens is 1. The maximum absolute atomic E-state index is 12.6. The van der Waals surface area contributed by atoms with E-state index in [1.807, 2.05) is 23.6 Å². The molecule has 0 unspecified atom stereocenters. The minimum atomic E-state index is -0.235. The predicted octanol–water partition coefficient (Wildman–Crippen LogP) is 2.50. The van der Waals surface area contributed by atoms with Crippen molar-refractivity contribution in [1.82, 2.24) is 20.1 Å². The summed E-state index contributed by atoms with van der Waals surface area (Å²) in [7, 11) is 0. The van der Waals surface area contributed by atoms with Crippen molar-refractivity contribution in [2.45, 2.75) is 39.5 Å². The smallest absolute Gasteiger partial charge is 0.289 e. The van der Waals surface area contributed by atoms with Crippen molar-refractivity contribution < 1.29 is 9.53 Å². The van der Waals surface area contributed by atoms with Crippen molar-refractivity contribution in [3.63, 3.8) is 0 Å². The number of nitrogens with one attached hydrogen (secondary N) is 1. The molecule has 7 nitrogen and oxygen atoms in total. The summed E-state index contributed by atoms with van der Waals surface area (Å²) in [6.45, 7) is 7.31. The van der Waals surface area contributed by atoms with Gasteiger partial charge in [0.2, 0.25) is 11.8 Å². The number of carbonyl (C=O) groups excluding carboxylic acids is 1. The fraction of sp³-hybridized carbons (Fsp3) is 0.500. The molecule has 0 aliphatic carbocycles. The van der Waals surface area contributed by atoms with Crippen molar-refractivity contribution in [1.29, 1.82) is 0 Å². The minimum absolute atomic E-state index is 0.188. The number of amides is 1. The molecule has 1 fully saturated rings. The molecular formula is C18H24ClN5O2. The summed E-state index contributed by atoms with van der Waals surface area (Å²) in [5, 5.41) is 12.0. The molecule has 1 aliphatic heterocycles. The Labute approximate surface area is 158 Å². The largest absolute Gasteiger partial charge is 0.375 e. The normalized spacial score (nSPS) is 17.3. The Bertz CT molecular complexity index is 747. The number of morpholine rings is 1. The van der Waals surface area contributed by atoms with Crippen LogP contribution in [0.5, 0.6) is 0 Å². The van der Waals surface area contributed by atoms with Crippen molar-refractivity contribution in [3.8, 4) is 0 Å². The van der Waals surface area contributed by atoms with E-state index in [9.17, 15) is 4.79 Å². The van der Waals surface area contributed by atoms with Gasteiger partial charge < -0.3 is 15.0 Å². The highest BCUT2D eigenvalue weighted by molar-refractivity contribution is 6.30. The van der Waals surface area contributed by atoms with Gasteiger partial charge in [-0.3, -0.25) is 9.36 Å². The molecule has 2 aromatic rings. The number of aromatic nitrogens is 3. The van der Waals surface area contributed by atoms with Gasteiger partial charge in [0, 0.05) is 31.2 Å². The monoisotopic (exact) mass is 377 g/mol. The highest BCUT2D eigenvalue weighted by Crippen LogP contribution is 2.18. The number of rotatable bonds is 6. The third-order valence-electron chi connectivity index (χ3n) is 4.49. The number of anilines is 1. The van der Waals surface area contributed by atoms with Crippen LogP contribution in [-0.2, 0) is 17.8 Å². The maximum Gasteiger partial charge on any atom is 0.289 e. The van der Waals surface area contributed by atoms with Crippen LogP contribution in [0.3, 0.4) is 0 Å². The van der Waals surface area contributed by atoms with E-state index in [-0.39, 0.29) is 12.0 Å². The summed E-state index contributed by atoms with van der Waals surface area (Å²) in [6, 6.07) is 7.38. The zero-order valence-corrected chi connectivity index (χ0v) is 15.9. The Balaban J connectivity index is 1.70. The van der Waals surface area contributed by atoms with Gasteiger partial charge in [0.05, 0.1) is 12.7 Å². The zero-order valence-electron chi connectivity index (χ0n) is 15.1. The van der Waals surface area contributed by atoms with Crippen molar-refractivity contribution in [2.24, 2.45) is 0 Å². The van der Waals surface area contributed by atoms with E-state index < -0.39 is 0 Å². The number of nitrogens with zero attached hydrogens (tertiary/aromatic N) is 4. The highest BCUT2D eigenvalue weighted by atomic mass is 35.5. The first kappa shape index (κ1) is 18.7. The lowest BCUT2D eigenvalue weighted by Crippen LogP contribution is -2.43. The van der Waals surface area contributed by atoms with Crippen LogP contribution in [0.1, 0.15) is 36.5 Å². The highest BCUT2D eigenvalue weighted by Gasteiger charge is 2.26. The van der Waals surface area contributed by atoms with E-state index in [0.29, 0.717) is 30.5 Å². The summed E-state index contributed by atoms with van der Waals surface area (Å²) in [5.41, 5.74) is 0.976. The van der Waals surface area contributed by atoms with E-state index in [4.69, 9.17) is 16.3 Å². The van der Waals surface area contributed by atoms with Gasteiger partial charge in [0.1, 0.15) is 0 Å². The molecule has 1 N–H and O–H groups in total. The molecule has 1 saturated heterocycles. The number of benzene rings is 1. The number of hydrogen-bond acceptors (Lipinski definition) is 5. The first-order valence-electron chi connectivity index (χ1n) is 8.94. The van der Waals surface area contributed by atoms with Gasteiger partial charge in [0.25, 0.3) is 5.91 Å². The summed E-state index contributed by atoms with van der Waals surface area (Å²) in [4.78, 5) is 14.7. The van der Waals surface area contributed by atoms with Crippen LogP contribution in [0.25, 0.3) is 0 Å². The Morgan fingerprint density at radius 3 is 2.77 bits per heavy atom. The van der Waals surface area contributed by atoms with E-state index >= 15 is 0 Å². The van der Waals surface area contributed by atoms with Gasteiger partial charge in [-0.25, -0.2) is 0 Å². The van der Waals surface area contributed by atoms with Crippen LogP contribution in [-0.4, -0.2) is 46.5 Å². The second-order valence-electron chi connectivity index (χ2n) is 6.22. The Morgan fingerprint density at radius 1 is 1.31 bits per heavy atom. The molecule has 26 heavy (non-hydrogen) atoms. The van der Waals surface area contributed by atoms with Gasteiger partial charge in [-0.2, -0.15) is 0 Å². The van der Waals surface area contributed by atoms with Gasteiger partial charge in [-0.05, 0) is 31.0 Å². The molecule has 3 rings (SSSR count). The Kier molecular flexibility index (Phi) is 6.11. The first-order chi connectivity index (χ1) is 12.6. The van der Waals surface area contributed by atoms with Gasteiger partial charge in [-0.1, -0.05) is 30.7 Å². The fourth-order valence-corrected chi connectivity index (χ4v) is 3.13. The summed E-state index contributed by atoms with van der Waals surface area (Å²) >= 11 is 5.88. The molecule has 1 aromatic carbocycles. The summed E-state index contributed by atoms with van der Waals surface area (Å²) < 4.78 is 7.57. The molecule has 8 heteroatoms. The Hall–Kier alpha value is -2.12. The third-order valence-corrected chi connectivity index (χ3v) is 4.75. The van der Waals surface area contributed by atoms with E-state index in [1.165, 1.54) is 0 Å². The average molecular weight is 378 g/mol. The van der Waals surface area contributed by atoms with Crippen LogP contribution < -0.4 is 10.2 Å². The van der Waals surface area contributed by atoms with Crippen LogP contribution in [0.2, 0.25) is 5.02 Å². The number of hydrogen-bond donors (Lipinski definition) is 1. The van der Waals surface area contributed by atoms with Gasteiger partial charge in [-0.15, -0.1) is 10.2 Å². The van der Waals surface area contributed by atoms with Crippen LogP contribution in [0.4, 0.5) is 5.95 Å². The lowest BCUT2D eigenvalue weighted by molar-refractivity contribution is 0.0376. The lowest BCUT2D eigenvalue weighted by atomic mass is 10.2. The molecule has 140 valence electrons. The summed E-state index contributed by atoms with van der Waals surface area (Å²) in [5.74, 6) is 0.822. The zero-order chi connectivity index (χ0) is 18.5. The number of carbonyl (C=O) groups is 1.